The molecule has 0 bridgehead atoms. The Kier molecular flexibility index (Phi) is 9.64. The van der Waals surface area contributed by atoms with E-state index in [1.54, 1.807) is 20.2 Å². The van der Waals surface area contributed by atoms with Crippen LogP contribution in [0, 0.1) is 5.92 Å². The summed E-state index contributed by atoms with van der Waals surface area (Å²) >= 11 is 0. The van der Waals surface area contributed by atoms with Gasteiger partial charge in [0.1, 0.15) is 5.75 Å². The summed E-state index contributed by atoms with van der Waals surface area (Å²) in [4.78, 5) is 37.9. The van der Waals surface area contributed by atoms with Gasteiger partial charge in [-0.15, -0.1) is 0 Å². The second kappa shape index (κ2) is 12.2. The number of carbonyl (C=O) groups excluding carboxylic acids is 3. The van der Waals surface area contributed by atoms with Crippen molar-refractivity contribution in [3.05, 3.63) is 29.8 Å². The van der Waals surface area contributed by atoms with Crippen molar-refractivity contribution < 1.29 is 19.1 Å². The third-order valence-corrected chi connectivity index (χ3v) is 5.53. The molecule has 0 radical (unpaired) electrons. The number of rotatable bonds is 10. The average Bonchev–Trinajstić information content (AvgIpc) is 2.75. The van der Waals surface area contributed by atoms with Crippen LogP contribution in [-0.4, -0.2) is 49.9 Å². The summed E-state index contributed by atoms with van der Waals surface area (Å²) in [5.74, 6) is 0.580. The molecule has 2 N–H and O–H groups in total. The lowest BCUT2D eigenvalue weighted by Crippen LogP contribution is -2.39. The highest BCUT2D eigenvalue weighted by molar-refractivity contribution is 5.85. The molecule has 0 spiro atoms. The first-order valence-electron chi connectivity index (χ1n) is 10.9. The van der Waals surface area contributed by atoms with Crippen LogP contribution < -0.4 is 15.4 Å². The zero-order valence-corrected chi connectivity index (χ0v) is 18.4. The number of amides is 3. The van der Waals surface area contributed by atoms with E-state index in [0.29, 0.717) is 24.5 Å². The first-order chi connectivity index (χ1) is 14.4. The lowest BCUT2D eigenvalue weighted by Gasteiger charge is -2.22. The van der Waals surface area contributed by atoms with Crippen molar-refractivity contribution in [1.82, 2.24) is 15.5 Å². The number of likely N-dealkylation sites (N-methyl/N-ethyl adjacent to an activating group) is 1. The van der Waals surface area contributed by atoms with Crippen LogP contribution >= 0.6 is 0 Å². The Morgan fingerprint density at radius 2 is 1.80 bits per heavy atom. The minimum absolute atomic E-state index is 0.0375. The maximum Gasteiger partial charge on any atom is 0.259 e. The second-order valence-corrected chi connectivity index (χ2v) is 8.13. The summed E-state index contributed by atoms with van der Waals surface area (Å²) in [5, 5.41) is 5.71. The molecule has 7 heteroatoms. The van der Waals surface area contributed by atoms with Gasteiger partial charge in [0, 0.05) is 26.1 Å². The molecule has 1 unspecified atom stereocenters. The summed E-state index contributed by atoms with van der Waals surface area (Å²) < 4.78 is 5.70. The van der Waals surface area contributed by atoms with Crippen molar-refractivity contribution in [1.29, 1.82) is 0 Å². The molecule has 2 rings (SSSR count). The normalized spacial score (nSPS) is 15.2. The molecule has 1 aromatic rings. The van der Waals surface area contributed by atoms with Crippen LogP contribution in [0.4, 0.5) is 0 Å². The summed E-state index contributed by atoms with van der Waals surface area (Å²) in [7, 11) is 3.35. The highest BCUT2D eigenvalue weighted by Crippen LogP contribution is 2.27. The largest absolute Gasteiger partial charge is 0.483 e. The topological polar surface area (TPSA) is 87.7 Å². The number of nitrogens with zero attached hydrogens (tertiary/aromatic N) is 1. The molecule has 1 aliphatic rings. The van der Waals surface area contributed by atoms with E-state index in [9.17, 15) is 14.4 Å². The van der Waals surface area contributed by atoms with E-state index in [0.717, 1.165) is 18.4 Å². The molecule has 1 aliphatic carbocycles. The minimum Gasteiger partial charge on any atom is -0.483 e. The van der Waals surface area contributed by atoms with E-state index in [-0.39, 0.29) is 36.9 Å². The predicted molar refractivity (Wildman–Crippen MR) is 116 cm³/mol. The fraction of sp³-hybridized carbons (Fsp3) is 0.609. The Morgan fingerprint density at radius 3 is 2.47 bits per heavy atom. The number of carbonyl (C=O) groups is 3. The zero-order chi connectivity index (χ0) is 21.9. The smallest absolute Gasteiger partial charge is 0.259 e. The first-order valence-corrected chi connectivity index (χ1v) is 10.9. The van der Waals surface area contributed by atoms with Crippen molar-refractivity contribution in [2.24, 2.45) is 5.92 Å². The molecule has 0 aliphatic heterocycles. The van der Waals surface area contributed by atoms with Gasteiger partial charge in [0.2, 0.25) is 11.8 Å². The molecule has 7 nitrogen and oxygen atoms in total. The molecule has 0 saturated heterocycles. The molecular weight excluding hydrogens is 382 g/mol. The zero-order valence-electron chi connectivity index (χ0n) is 18.4. The summed E-state index contributed by atoms with van der Waals surface area (Å²) in [6, 6.07) is 7.11. The molecule has 1 atom stereocenters. The Labute approximate surface area is 179 Å². The summed E-state index contributed by atoms with van der Waals surface area (Å²) in [6.07, 6.45) is 7.00. The van der Waals surface area contributed by atoms with Crippen molar-refractivity contribution >= 4 is 17.7 Å². The quantitative estimate of drug-likeness (QED) is 0.613. The summed E-state index contributed by atoms with van der Waals surface area (Å²) in [6.45, 7) is 1.87. The minimum atomic E-state index is -0.265. The van der Waals surface area contributed by atoms with Crippen molar-refractivity contribution in [3.8, 4) is 5.75 Å². The van der Waals surface area contributed by atoms with Gasteiger partial charge in [0.05, 0.1) is 12.6 Å². The standard InChI is InChI=1S/C23H35N3O4/c1-4-19(18-12-8-9-13-20(18)30-16-23(29)26(2)3)25-22(28)15-24-21(27)14-17-10-6-5-7-11-17/h8-9,12-13,17,19H,4-7,10-11,14-16H2,1-3H3,(H,24,27)(H,25,28). The van der Waals surface area contributed by atoms with Crippen LogP contribution in [0.2, 0.25) is 0 Å². The van der Waals surface area contributed by atoms with E-state index >= 15 is 0 Å². The third-order valence-electron chi connectivity index (χ3n) is 5.53. The van der Waals surface area contributed by atoms with Gasteiger partial charge in [-0.3, -0.25) is 14.4 Å². The molecule has 1 saturated carbocycles. The molecule has 30 heavy (non-hydrogen) atoms. The fourth-order valence-electron chi connectivity index (χ4n) is 3.72. The predicted octanol–water partition coefficient (Wildman–Crippen LogP) is 2.81. The van der Waals surface area contributed by atoms with E-state index in [4.69, 9.17) is 4.74 Å². The number of ether oxygens (including phenoxy) is 1. The van der Waals surface area contributed by atoms with Crippen LogP contribution in [0.5, 0.6) is 5.75 Å². The Balaban J connectivity index is 1.87. The van der Waals surface area contributed by atoms with Gasteiger partial charge in [0.25, 0.3) is 5.91 Å². The van der Waals surface area contributed by atoms with Crippen LogP contribution in [-0.2, 0) is 14.4 Å². The van der Waals surface area contributed by atoms with Gasteiger partial charge in [-0.2, -0.15) is 0 Å². The fourth-order valence-corrected chi connectivity index (χ4v) is 3.72. The molecule has 0 heterocycles. The Hall–Kier alpha value is -2.57. The summed E-state index contributed by atoms with van der Waals surface area (Å²) in [5.41, 5.74) is 0.813. The first kappa shape index (κ1) is 23.7. The van der Waals surface area contributed by atoms with E-state index in [1.165, 1.54) is 24.2 Å². The molecule has 0 aromatic heterocycles. The van der Waals surface area contributed by atoms with Gasteiger partial charge in [-0.25, -0.2) is 0 Å². The van der Waals surface area contributed by atoms with E-state index < -0.39 is 0 Å². The van der Waals surface area contributed by atoms with Gasteiger partial charge in [0.15, 0.2) is 6.61 Å². The molecule has 3 amide bonds. The number of nitrogens with one attached hydrogen (secondary N) is 2. The third kappa shape index (κ3) is 7.69. The Bertz CT molecular complexity index is 714. The van der Waals surface area contributed by atoms with Crippen LogP contribution in [0.1, 0.15) is 63.5 Å². The maximum absolute atomic E-state index is 12.4. The lowest BCUT2D eigenvalue weighted by atomic mass is 9.87. The van der Waals surface area contributed by atoms with Gasteiger partial charge >= 0.3 is 0 Å². The van der Waals surface area contributed by atoms with Crippen LogP contribution in [0.15, 0.2) is 24.3 Å². The van der Waals surface area contributed by atoms with Crippen molar-refractivity contribution in [2.75, 3.05) is 27.2 Å². The van der Waals surface area contributed by atoms with Gasteiger partial charge in [-0.05, 0) is 31.2 Å². The maximum atomic E-state index is 12.4. The van der Waals surface area contributed by atoms with Crippen molar-refractivity contribution in [2.45, 2.75) is 57.9 Å². The number of benzene rings is 1. The van der Waals surface area contributed by atoms with Crippen molar-refractivity contribution in [3.63, 3.8) is 0 Å². The van der Waals surface area contributed by atoms with Gasteiger partial charge in [-0.1, -0.05) is 44.4 Å². The van der Waals surface area contributed by atoms with E-state index in [1.807, 2.05) is 25.1 Å². The highest BCUT2D eigenvalue weighted by atomic mass is 16.5. The molecule has 1 fully saturated rings. The average molecular weight is 418 g/mol. The van der Waals surface area contributed by atoms with Crippen LogP contribution in [0.3, 0.4) is 0 Å². The number of hydrogen-bond donors (Lipinski definition) is 2. The van der Waals surface area contributed by atoms with Crippen LogP contribution in [0.25, 0.3) is 0 Å². The monoisotopic (exact) mass is 417 g/mol. The Morgan fingerprint density at radius 1 is 1.10 bits per heavy atom. The second-order valence-electron chi connectivity index (χ2n) is 8.13. The SMILES string of the molecule is CCC(NC(=O)CNC(=O)CC1CCCCC1)c1ccccc1OCC(=O)N(C)C. The lowest BCUT2D eigenvalue weighted by molar-refractivity contribution is -0.130. The number of hydrogen-bond acceptors (Lipinski definition) is 4. The number of para-hydroxylation sites is 1. The van der Waals surface area contributed by atoms with Gasteiger partial charge < -0.3 is 20.3 Å². The molecule has 166 valence electrons. The highest BCUT2D eigenvalue weighted by Gasteiger charge is 2.20. The molecule has 1 aromatic carbocycles. The van der Waals surface area contributed by atoms with E-state index in [2.05, 4.69) is 10.6 Å². The molecular formula is C23H35N3O4.